The molecule has 98 valence electrons. The van der Waals surface area contributed by atoms with Crippen molar-refractivity contribution in [3.63, 3.8) is 0 Å². The summed E-state index contributed by atoms with van der Waals surface area (Å²) in [6.07, 6.45) is 5.28. The maximum Gasteiger partial charge on any atom is 0.242 e. The van der Waals surface area contributed by atoms with E-state index in [1.807, 2.05) is 11.8 Å². The van der Waals surface area contributed by atoms with Gasteiger partial charge in [-0.05, 0) is 19.8 Å². The second kappa shape index (κ2) is 5.66. The van der Waals surface area contributed by atoms with E-state index in [1.54, 1.807) is 19.4 Å². The van der Waals surface area contributed by atoms with Crippen LogP contribution in [0.15, 0.2) is 12.4 Å². The van der Waals surface area contributed by atoms with Gasteiger partial charge in [0.25, 0.3) is 0 Å². The van der Waals surface area contributed by atoms with Crippen LogP contribution in [-0.4, -0.2) is 42.1 Å². The lowest BCUT2D eigenvalue weighted by atomic mass is 10.2. The van der Waals surface area contributed by atoms with Crippen LogP contribution in [0.2, 0.25) is 0 Å². The van der Waals surface area contributed by atoms with Crippen molar-refractivity contribution >= 4 is 17.5 Å². The van der Waals surface area contributed by atoms with Crippen LogP contribution in [0.4, 0.5) is 11.6 Å². The third-order valence-electron chi connectivity index (χ3n) is 3.08. The minimum atomic E-state index is -0.124. The Kier molecular flexibility index (Phi) is 3.96. The van der Waals surface area contributed by atoms with Crippen LogP contribution in [0.3, 0.4) is 0 Å². The van der Waals surface area contributed by atoms with E-state index in [0.29, 0.717) is 0 Å². The molecule has 6 heteroatoms. The monoisotopic (exact) mass is 249 g/mol. The number of hydrogen-bond donors (Lipinski definition) is 2. The molecule has 18 heavy (non-hydrogen) atoms. The predicted octanol–water partition coefficient (Wildman–Crippen LogP) is 0.623. The number of aromatic nitrogens is 2. The Balaban J connectivity index is 2.19. The Hall–Kier alpha value is -1.85. The van der Waals surface area contributed by atoms with Crippen molar-refractivity contribution in [2.75, 3.05) is 30.4 Å². The molecule has 1 aliphatic heterocycles. The minimum absolute atomic E-state index is 0.0446. The maximum atomic E-state index is 11.8. The number of nitrogens with one attached hydrogen (secondary N) is 2. The van der Waals surface area contributed by atoms with Gasteiger partial charge in [0, 0.05) is 20.1 Å². The number of hydrogen-bond acceptors (Lipinski definition) is 5. The van der Waals surface area contributed by atoms with E-state index in [9.17, 15) is 4.79 Å². The van der Waals surface area contributed by atoms with Crippen molar-refractivity contribution in [1.82, 2.24) is 15.3 Å². The summed E-state index contributed by atoms with van der Waals surface area (Å²) < 4.78 is 0. The molecule has 0 spiro atoms. The number of nitrogens with zero attached hydrogens (tertiary/aromatic N) is 3. The van der Waals surface area contributed by atoms with Gasteiger partial charge in [0.05, 0.1) is 12.4 Å². The molecule has 0 aliphatic carbocycles. The van der Waals surface area contributed by atoms with Crippen LogP contribution >= 0.6 is 0 Å². The van der Waals surface area contributed by atoms with Gasteiger partial charge in [0.2, 0.25) is 5.91 Å². The molecule has 2 rings (SSSR count). The van der Waals surface area contributed by atoms with Crippen molar-refractivity contribution in [3.8, 4) is 0 Å². The first-order valence-electron chi connectivity index (χ1n) is 6.30. The Morgan fingerprint density at radius 3 is 3.11 bits per heavy atom. The van der Waals surface area contributed by atoms with Gasteiger partial charge in [-0.25, -0.2) is 4.98 Å². The highest BCUT2D eigenvalue weighted by Gasteiger charge is 2.31. The number of amides is 1. The molecule has 1 amide bonds. The van der Waals surface area contributed by atoms with E-state index >= 15 is 0 Å². The van der Waals surface area contributed by atoms with Crippen molar-refractivity contribution in [2.24, 2.45) is 0 Å². The average Bonchev–Trinajstić information content (AvgIpc) is 2.88. The van der Waals surface area contributed by atoms with Gasteiger partial charge in [-0.3, -0.25) is 9.78 Å². The molecule has 2 heterocycles. The van der Waals surface area contributed by atoms with Crippen LogP contribution in [0.5, 0.6) is 0 Å². The molecule has 1 saturated heterocycles. The molecule has 1 atom stereocenters. The highest BCUT2D eigenvalue weighted by atomic mass is 16.2. The summed E-state index contributed by atoms with van der Waals surface area (Å²) >= 11 is 0. The first kappa shape index (κ1) is 12.6. The highest BCUT2D eigenvalue weighted by Crippen LogP contribution is 2.24. The fourth-order valence-electron chi connectivity index (χ4n) is 2.24. The van der Waals surface area contributed by atoms with Crippen LogP contribution in [-0.2, 0) is 4.79 Å². The van der Waals surface area contributed by atoms with E-state index in [4.69, 9.17) is 0 Å². The Morgan fingerprint density at radius 1 is 1.56 bits per heavy atom. The summed E-state index contributed by atoms with van der Waals surface area (Å²) in [6.45, 7) is 3.66. The Morgan fingerprint density at radius 2 is 2.39 bits per heavy atom. The molecule has 1 aromatic rings. The van der Waals surface area contributed by atoms with Gasteiger partial charge in [-0.1, -0.05) is 0 Å². The quantitative estimate of drug-likeness (QED) is 0.818. The molecular formula is C12H19N5O. The highest BCUT2D eigenvalue weighted by molar-refractivity contribution is 5.85. The normalized spacial score (nSPS) is 18.8. The van der Waals surface area contributed by atoms with Gasteiger partial charge >= 0.3 is 0 Å². The van der Waals surface area contributed by atoms with Crippen molar-refractivity contribution < 1.29 is 4.79 Å². The van der Waals surface area contributed by atoms with Crippen LogP contribution in [0, 0.1) is 0 Å². The van der Waals surface area contributed by atoms with Crippen molar-refractivity contribution in [1.29, 1.82) is 0 Å². The van der Waals surface area contributed by atoms with Gasteiger partial charge < -0.3 is 15.5 Å². The van der Waals surface area contributed by atoms with Crippen LogP contribution in [0.25, 0.3) is 0 Å². The van der Waals surface area contributed by atoms with Gasteiger partial charge in [-0.15, -0.1) is 0 Å². The number of rotatable bonds is 4. The fraction of sp³-hybridized carbons (Fsp3) is 0.583. The second-order valence-electron chi connectivity index (χ2n) is 4.26. The lowest BCUT2D eigenvalue weighted by Gasteiger charge is -2.24. The zero-order chi connectivity index (χ0) is 13.0. The van der Waals surface area contributed by atoms with E-state index in [1.165, 1.54) is 0 Å². The van der Waals surface area contributed by atoms with Crippen LogP contribution < -0.4 is 15.5 Å². The molecule has 6 nitrogen and oxygen atoms in total. The summed E-state index contributed by atoms with van der Waals surface area (Å²) in [5, 5.41) is 5.83. The largest absolute Gasteiger partial charge is 0.369 e. The lowest BCUT2D eigenvalue weighted by Crippen LogP contribution is -2.42. The van der Waals surface area contributed by atoms with Crippen molar-refractivity contribution in [2.45, 2.75) is 25.8 Å². The summed E-state index contributed by atoms with van der Waals surface area (Å²) in [5.74, 6) is 1.56. The topological polar surface area (TPSA) is 70.2 Å². The molecule has 1 fully saturated rings. The second-order valence-corrected chi connectivity index (χ2v) is 4.26. The zero-order valence-electron chi connectivity index (χ0n) is 10.8. The van der Waals surface area contributed by atoms with Gasteiger partial charge in [0.15, 0.2) is 0 Å². The molecule has 0 bridgehead atoms. The van der Waals surface area contributed by atoms with E-state index < -0.39 is 0 Å². The van der Waals surface area contributed by atoms with E-state index in [-0.39, 0.29) is 11.9 Å². The van der Waals surface area contributed by atoms with Crippen LogP contribution in [0.1, 0.15) is 19.8 Å². The van der Waals surface area contributed by atoms with Gasteiger partial charge in [-0.2, -0.15) is 0 Å². The average molecular weight is 249 g/mol. The SMILES string of the molecule is CCNc1cncc(N2CCCC2C(=O)NC)n1. The zero-order valence-corrected chi connectivity index (χ0v) is 10.8. The third kappa shape index (κ3) is 2.52. The fourth-order valence-corrected chi connectivity index (χ4v) is 2.24. The predicted molar refractivity (Wildman–Crippen MR) is 70.6 cm³/mol. The maximum absolute atomic E-state index is 11.8. The van der Waals surface area contributed by atoms with Crippen molar-refractivity contribution in [3.05, 3.63) is 12.4 Å². The van der Waals surface area contributed by atoms with E-state index in [2.05, 4.69) is 20.6 Å². The molecule has 1 aliphatic rings. The molecule has 0 saturated carbocycles. The molecule has 0 aromatic carbocycles. The van der Waals surface area contributed by atoms with E-state index in [0.717, 1.165) is 37.6 Å². The first-order valence-corrected chi connectivity index (χ1v) is 6.30. The smallest absolute Gasteiger partial charge is 0.242 e. The Labute approximate surface area is 107 Å². The summed E-state index contributed by atoms with van der Waals surface area (Å²) in [6, 6.07) is -0.124. The third-order valence-corrected chi connectivity index (χ3v) is 3.08. The molecule has 1 unspecified atom stereocenters. The number of likely N-dealkylation sites (N-methyl/N-ethyl adjacent to an activating group) is 1. The molecule has 0 radical (unpaired) electrons. The summed E-state index contributed by atoms with van der Waals surface area (Å²) in [7, 11) is 1.67. The minimum Gasteiger partial charge on any atom is -0.369 e. The first-order chi connectivity index (χ1) is 8.76. The number of carbonyl (C=O) groups excluding carboxylic acids is 1. The lowest BCUT2D eigenvalue weighted by molar-refractivity contribution is -0.121. The summed E-state index contributed by atoms with van der Waals surface area (Å²) in [4.78, 5) is 22.5. The Bertz CT molecular complexity index is 423. The molecular weight excluding hydrogens is 230 g/mol. The van der Waals surface area contributed by atoms with Gasteiger partial charge in [0.1, 0.15) is 17.7 Å². The standard InChI is InChI=1S/C12H19N5O/c1-3-15-10-7-14-8-11(16-10)17-6-4-5-9(17)12(18)13-2/h7-9H,3-6H2,1-2H3,(H,13,18)(H,15,16). The molecule has 1 aromatic heterocycles. The summed E-state index contributed by atoms with van der Waals surface area (Å²) in [5.41, 5.74) is 0. The number of carbonyl (C=O) groups is 1. The molecule has 2 N–H and O–H groups in total. The number of anilines is 2.